The van der Waals surface area contributed by atoms with Crippen LogP contribution < -0.4 is 0 Å². The summed E-state index contributed by atoms with van der Waals surface area (Å²) < 4.78 is 26.2. The minimum Gasteiger partial charge on any atom is -0.387 e. The van der Waals surface area contributed by atoms with Gasteiger partial charge in [-0.1, -0.05) is 18.2 Å². The highest BCUT2D eigenvalue weighted by Gasteiger charge is 2.24. The van der Waals surface area contributed by atoms with Crippen molar-refractivity contribution in [3.63, 3.8) is 0 Å². The number of hydrogen-bond acceptors (Lipinski definition) is 3. The lowest BCUT2D eigenvalue weighted by atomic mass is 10.1. The predicted octanol–water partition coefficient (Wildman–Crippen LogP) is 2.46. The molecule has 2 aromatic carbocycles. The molecule has 1 heterocycles. The van der Waals surface area contributed by atoms with Crippen LogP contribution in [0.25, 0.3) is 0 Å². The molecule has 1 saturated heterocycles. The van der Waals surface area contributed by atoms with E-state index in [1.807, 2.05) is 0 Å². The van der Waals surface area contributed by atoms with Crippen molar-refractivity contribution in [3.8, 4) is 0 Å². The molecule has 132 valence electrons. The summed E-state index contributed by atoms with van der Waals surface area (Å²) >= 11 is 0. The van der Waals surface area contributed by atoms with Crippen LogP contribution in [0.4, 0.5) is 8.78 Å². The van der Waals surface area contributed by atoms with E-state index in [9.17, 15) is 18.7 Å². The molecule has 1 unspecified atom stereocenters. The first-order chi connectivity index (χ1) is 12.0. The molecule has 0 aliphatic carbocycles. The molecule has 3 rings (SSSR count). The average molecular weight is 346 g/mol. The number of rotatable bonds is 4. The van der Waals surface area contributed by atoms with Gasteiger partial charge in [0.25, 0.3) is 5.91 Å². The van der Waals surface area contributed by atoms with E-state index in [-0.39, 0.29) is 11.7 Å². The molecule has 1 N–H and O–H groups in total. The molecule has 0 saturated carbocycles. The van der Waals surface area contributed by atoms with E-state index in [0.29, 0.717) is 43.9 Å². The molecule has 0 spiro atoms. The maximum atomic E-state index is 13.3. The van der Waals surface area contributed by atoms with Crippen molar-refractivity contribution in [3.05, 3.63) is 71.3 Å². The second kappa shape index (κ2) is 7.72. The molecular formula is C19H20F2N2O2. The highest BCUT2D eigenvalue weighted by molar-refractivity contribution is 5.94. The predicted molar refractivity (Wildman–Crippen MR) is 90.1 cm³/mol. The fourth-order valence-electron chi connectivity index (χ4n) is 2.97. The van der Waals surface area contributed by atoms with Crippen LogP contribution in [0, 0.1) is 11.6 Å². The topological polar surface area (TPSA) is 43.8 Å². The van der Waals surface area contributed by atoms with Crippen molar-refractivity contribution in [2.75, 3.05) is 32.7 Å². The van der Waals surface area contributed by atoms with E-state index in [4.69, 9.17) is 0 Å². The van der Waals surface area contributed by atoms with Crippen LogP contribution in [0.5, 0.6) is 0 Å². The minimum atomic E-state index is -0.703. The van der Waals surface area contributed by atoms with E-state index in [2.05, 4.69) is 4.90 Å². The molecule has 0 radical (unpaired) electrons. The Morgan fingerprint density at radius 2 is 1.68 bits per heavy atom. The molecule has 4 nitrogen and oxygen atoms in total. The Morgan fingerprint density at radius 3 is 2.32 bits per heavy atom. The number of carbonyl (C=O) groups is 1. The zero-order valence-corrected chi connectivity index (χ0v) is 13.7. The van der Waals surface area contributed by atoms with Gasteiger partial charge in [-0.3, -0.25) is 9.69 Å². The fourth-order valence-corrected chi connectivity index (χ4v) is 2.97. The second-order valence-corrected chi connectivity index (χ2v) is 6.17. The van der Waals surface area contributed by atoms with Crippen molar-refractivity contribution in [2.24, 2.45) is 0 Å². The summed E-state index contributed by atoms with van der Waals surface area (Å²) in [6.07, 6.45) is -0.703. The van der Waals surface area contributed by atoms with Gasteiger partial charge in [0.15, 0.2) is 0 Å². The molecule has 2 aromatic rings. The van der Waals surface area contributed by atoms with Crippen LogP contribution in [0.15, 0.2) is 48.5 Å². The lowest BCUT2D eigenvalue weighted by molar-refractivity contribution is 0.0527. The number of β-amino-alcohol motifs (C(OH)–C–C–N with tert-alkyl or cyclic N) is 1. The van der Waals surface area contributed by atoms with E-state index in [0.717, 1.165) is 0 Å². The van der Waals surface area contributed by atoms with Gasteiger partial charge in [-0.2, -0.15) is 0 Å². The van der Waals surface area contributed by atoms with Crippen LogP contribution in [0.3, 0.4) is 0 Å². The first-order valence-electron chi connectivity index (χ1n) is 8.23. The van der Waals surface area contributed by atoms with Crippen molar-refractivity contribution >= 4 is 5.91 Å². The van der Waals surface area contributed by atoms with Crippen LogP contribution >= 0.6 is 0 Å². The summed E-state index contributed by atoms with van der Waals surface area (Å²) in [5.74, 6) is -0.939. The average Bonchev–Trinajstić information content (AvgIpc) is 2.62. The summed E-state index contributed by atoms with van der Waals surface area (Å²) in [7, 11) is 0. The summed E-state index contributed by atoms with van der Waals surface area (Å²) in [5, 5.41) is 10.3. The Bertz CT molecular complexity index is 728. The number of amides is 1. The lowest BCUT2D eigenvalue weighted by Crippen LogP contribution is -2.49. The maximum Gasteiger partial charge on any atom is 0.254 e. The number of hydrogen-bond donors (Lipinski definition) is 1. The Balaban J connectivity index is 1.53. The Kier molecular flexibility index (Phi) is 5.40. The third-order valence-electron chi connectivity index (χ3n) is 4.42. The highest BCUT2D eigenvalue weighted by atomic mass is 19.1. The molecule has 1 amide bonds. The van der Waals surface area contributed by atoms with Gasteiger partial charge < -0.3 is 10.0 Å². The van der Waals surface area contributed by atoms with E-state index >= 15 is 0 Å². The zero-order valence-electron chi connectivity index (χ0n) is 13.7. The van der Waals surface area contributed by atoms with E-state index in [1.54, 1.807) is 23.1 Å². The minimum absolute atomic E-state index is 0.182. The molecule has 0 bridgehead atoms. The number of halogens is 2. The summed E-state index contributed by atoms with van der Waals surface area (Å²) in [5.41, 5.74) is 1.01. The van der Waals surface area contributed by atoms with Gasteiger partial charge in [0, 0.05) is 38.3 Å². The first kappa shape index (κ1) is 17.5. The second-order valence-electron chi connectivity index (χ2n) is 6.17. The molecule has 1 aliphatic rings. The molecule has 1 fully saturated rings. The number of aliphatic hydroxyl groups is 1. The number of aliphatic hydroxyl groups excluding tert-OH is 1. The molecule has 6 heteroatoms. The van der Waals surface area contributed by atoms with E-state index in [1.165, 1.54) is 30.3 Å². The van der Waals surface area contributed by atoms with Crippen molar-refractivity contribution in [2.45, 2.75) is 6.10 Å². The Labute approximate surface area is 145 Å². The summed E-state index contributed by atoms with van der Waals surface area (Å²) in [4.78, 5) is 16.1. The molecule has 1 atom stereocenters. The fraction of sp³-hybridized carbons (Fsp3) is 0.316. The van der Waals surface area contributed by atoms with E-state index < -0.39 is 11.9 Å². The third kappa shape index (κ3) is 4.41. The van der Waals surface area contributed by atoms with Gasteiger partial charge in [0.05, 0.1) is 6.10 Å². The molecule has 1 aliphatic heterocycles. The largest absolute Gasteiger partial charge is 0.387 e. The van der Waals surface area contributed by atoms with Gasteiger partial charge in [0.2, 0.25) is 0 Å². The first-order valence-corrected chi connectivity index (χ1v) is 8.23. The number of piperazine rings is 1. The highest BCUT2D eigenvalue weighted by Crippen LogP contribution is 2.17. The SMILES string of the molecule is O=C(c1cccc(F)c1)N1CCN(CC(O)c2ccc(F)cc2)CC1. The van der Waals surface area contributed by atoms with Gasteiger partial charge in [-0.25, -0.2) is 8.78 Å². The van der Waals surface area contributed by atoms with Crippen molar-refractivity contribution in [1.82, 2.24) is 9.80 Å². The maximum absolute atomic E-state index is 13.3. The summed E-state index contributed by atoms with van der Waals surface area (Å²) in [6.45, 7) is 2.71. The number of carbonyl (C=O) groups excluding carboxylic acids is 1. The zero-order chi connectivity index (χ0) is 17.8. The number of benzene rings is 2. The van der Waals surface area contributed by atoms with Crippen LogP contribution in [0.1, 0.15) is 22.0 Å². The Morgan fingerprint density at radius 1 is 1.00 bits per heavy atom. The number of nitrogens with zero attached hydrogens (tertiary/aromatic N) is 2. The molecule has 0 aromatic heterocycles. The van der Waals surface area contributed by atoms with Gasteiger partial charge in [-0.15, -0.1) is 0 Å². The monoisotopic (exact) mass is 346 g/mol. The third-order valence-corrected chi connectivity index (χ3v) is 4.42. The molecular weight excluding hydrogens is 326 g/mol. The van der Waals surface area contributed by atoms with Gasteiger partial charge in [-0.05, 0) is 35.9 Å². The van der Waals surface area contributed by atoms with Gasteiger partial charge in [0.1, 0.15) is 11.6 Å². The lowest BCUT2D eigenvalue weighted by Gasteiger charge is -2.35. The van der Waals surface area contributed by atoms with Crippen LogP contribution in [-0.2, 0) is 0 Å². The standard InChI is InChI=1S/C19H20F2N2O2/c20-16-6-4-14(5-7-16)18(24)13-22-8-10-23(11-9-22)19(25)15-2-1-3-17(21)12-15/h1-7,12,18,24H,8-11,13H2. The molecule has 25 heavy (non-hydrogen) atoms. The quantitative estimate of drug-likeness (QED) is 0.925. The van der Waals surface area contributed by atoms with Gasteiger partial charge >= 0.3 is 0 Å². The van der Waals surface area contributed by atoms with Crippen LogP contribution in [0.2, 0.25) is 0 Å². The van der Waals surface area contributed by atoms with Crippen molar-refractivity contribution < 1.29 is 18.7 Å². The normalized spacial score (nSPS) is 16.7. The van der Waals surface area contributed by atoms with Crippen molar-refractivity contribution in [1.29, 1.82) is 0 Å². The Hall–Kier alpha value is -2.31. The van der Waals surface area contributed by atoms with Crippen LogP contribution in [-0.4, -0.2) is 53.5 Å². The smallest absolute Gasteiger partial charge is 0.254 e. The summed E-state index contributed by atoms with van der Waals surface area (Å²) in [6, 6.07) is 11.5.